The highest BCUT2D eigenvalue weighted by atomic mass is 16.1. The van der Waals surface area contributed by atoms with Gasteiger partial charge >= 0.3 is 0 Å². The molecule has 1 aromatic rings. The van der Waals surface area contributed by atoms with Crippen LogP contribution in [-0.4, -0.2) is 19.0 Å². The Bertz CT molecular complexity index is 394. The average molecular weight is 260 g/mol. The molecule has 0 saturated heterocycles. The number of carbonyl (C=O) groups excluding carboxylic acids is 1. The van der Waals surface area contributed by atoms with Crippen molar-refractivity contribution in [2.45, 2.75) is 44.9 Å². The molecule has 2 rings (SSSR count). The summed E-state index contributed by atoms with van der Waals surface area (Å²) in [4.78, 5) is 11.6. The Hall–Kier alpha value is -1.35. The fourth-order valence-corrected chi connectivity index (χ4v) is 2.72. The second kappa shape index (κ2) is 7.29. The summed E-state index contributed by atoms with van der Waals surface area (Å²) in [6.07, 6.45) is 6.71. The van der Waals surface area contributed by atoms with Crippen LogP contribution in [0.1, 0.15) is 50.5 Å². The summed E-state index contributed by atoms with van der Waals surface area (Å²) in [7, 11) is 0. The molecule has 0 bridgehead atoms. The molecule has 0 aliphatic heterocycles. The Morgan fingerprint density at radius 2 is 1.84 bits per heavy atom. The first kappa shape index (κ1) is 14.1. The number of rotatable bonds is 5. The molecule has 3 nitrogen and oxygen atoms in total. The smallest absolute Gasteiger partial charge is 0.238 e. The maximum absolute atomic E-state index is 11.6. The first-order valence-corrected chi connectivity index (χ1v) is 7.40. The second-order valence-electron chi connectivity index (χ2n) is 5.29. The number of anilines is 1. The molecule has 1 fully saturated rings. The SMILES string of the molecule is CCNCC(=O)Nc1ccc(C2CCCCC2)cc1. The second-order valence-corrected chi connectivity index (χ2v) is 5.29. The number of hydrogen-bond donors (Lipinski definition) is 2. The van der Waals surface area contributed by atoms with E-state index in [-0.39, 0.29) is 5.91 Å². The van der Waals surface area contributed by atoms with Crippen molar-refractivity contribution in [2.75, 3.05) is 18.4 Å². The quantitative estimate of drug-likeness (QED) is 0.853. The van der Waals surface area contributed by atoms with Crippen LogP contribution < -0.4 is 10.6 Å². The Balaban J connectivity index is 1.88. The largest absolute Gasteiger partial charge is 0.325 e. The molecule has 1 aliphatic rings. The van der Waals surface area contributed by atoms with Crippen LogP contribution in [0.15, 0.2) is 24.3 Å². The van der Waals surface area contributed by atoms with Crippen molar-refractivity contribution in [3.63, 3.8) is 0 Å². The summed E-state index contributed by atoms with van der Waals surface area (Å²) < 4.78 is 0. The number of nitrogens with one attached hydrogen (secondary N) is 2. The summed E-state index contributed by atoms with van der Waals surface area (Å²) in [6, 6.07) is 8.37. The fourth-order valence-electron chi connectivity index (χ4n) is 2.72. The molecule has 0 aromatic heterocycles. The molecule has 1 aliphatic carbocycles. The lowest BCUT2D eigenvalue weighted by atomic mass is 9.84. The molecule has 0 unspecified atom stereocenters. The Kier molecular flexibility index (Phi) is 5.40. The van der Waals surface area contributed by atoms with E-state index < -0.39 is 0 Å². The predicted octanol–water partition coefficient (Wildman–Crippen LogP) is 3.28. The molecule has 1 amide bonds. The normalized spacial score (nSPS) is 16.3. The van der Waals surface area contributed by atoms with Crippen LogP contribution in [0.4, 0.5) is 5.69 Å². The molecule has 104 valence electrons. The molecule has 0 spiro atoms. The van der Waals surface area contributed by atoms with E-state index in [4.69, 9.17) is 0 Å². The van der Waals surface area contributed by atoms with E-state index in [0.29, 0.717) is 6.54 Å². The third-order valence-corrected chi connectivity index (χ3v) is 3.81. The molecular weight excluding hydrogens is 236 g/mol. The highest BCUT2D eigenvalue weighted by molar-refractivity contribution is 5.92. The van der Waals surface area contributed by atoms with Gasteiger partial charge in [0.2, 0.25) is 5.91 Å². The number of carbonyl (C=O) groups is 1. The maximum Gasteiger partial charge on any atom is 0.238 e. The van der Waals surface area contributed by atoms with Crippen molar-refractivity contribution in [3.8, 4) is 0 Å². The molecule has 0 atom stereocenters. The summed E-state index contributed by atoms with van der Waals surface area (Å²) in [5.41, 5.74) is 2.31. The van der Waals surface area contributed by atoms with Gasteiger partial charge < -0.3 is 10.6 Å². The maximum atomic E-state index is 11.6. The summed E-state index contributed by atoms with van der Waals surface area (Å²) >= 11 is 0. The summed E-state index contributed by atoms with van der Waals surface area (Å²) in [6.45, 7) is 3.18. The fraction of sp³-hybridized carbons (Fsp3) is 0.562. The predicted molar refractivity (Wildman–Crippen MR) is 79.4 cm³/mol. The molecule has 2 N–H and O–H groups in total. The molecule has 3 heteroatoms. The van der Waals surface area contributed by atoms with Crippen LogP contribution in [-0.2, 0) is 4.79 Å². The van der Waals surface area contributed by atoms with Gasteiger partial charge in [-0.3, -0.25) is 4.79 Å². The van der Waals surface area contributed by atoms with Crippen LogP contribution >= 0.6 is 0 Å². The molecule has 1 aromatic carbocycles. The van der Waals surface area contributed by atoms with E-state index in [0.717, 1.165) is 18.2 Å². The van der Waals surface area contributed by atoms with Crippen molar-refractivity contribution in [2.24, 2.45) is 0 Å². The molecule has 0 heterocycles. The zero-order valence-electron chi connectivity index (χ0n) is 11.7. The minimum absolute atomic E-state index is 0.0206. The number of benzene rings is 1. The van der Waals surface area contributed by atoms with Crippen LogP contribution in [0.3, 0.4) is 0 Å². The van der Waals surface area contributed by atoms with Gasteiger partial charge in [0, 0.05) is 5.69 Å². The van der Waals surface area contributed by atoms with Crippen LogP contribution in [0.2, 0.25) is 0 Å². The van der Waals surface area contributed by atoms with E-state index >= 15 is 0 Å². The van der Waals surface area contributed by atoms with Gasteiger partial charge in [-0.05, 0) is 43.0 Å². The van der Waals surface area contributed by atoms with E-state index in [1.807, 2.05) is 19.1 Å². The van der Waals surface area contributed by atoms with E-state index in [1.165, 1.54) is 37.7 Å². The van der Waals surface area contributed by atoms with E-state index in [1.54, 1.807) is 0 Å². The lowest BCUT2D eigenvalue weighted by Gasteiger charge is -2.22. The van der Waals surface area contributed by atoms with Gasteiger partial charge in [0.25, 0.3) is 0 Å². The highest BCUT2D eigenvalue weighted by Gasteiger charge is 2.15. The first-order valence-electron chi connectivity index (χ1n) is 7.40. The average Bonchev–Trinajstić information content (AvgIpc) is 2.47. The molecule has 1 saturated carbocycles. The minimum Gasteiger partial charge on any atom is -0.325 e. The van der Waals surface area contributed by atoms with Gasteiger partial charge in [-0.15, -0.1) is 0 Å². The van der Waals surface area contributed by atoms with Gasteiger partial charge in [0.1, 0.15) is 0 Å². The Morgan fingerprint density at radius 3 is 2.47 bits per heavy atom. The van der Waals surface area contributed by atoms with E-state index in [2.05, 4.69) is 22.8 Å². The molecule has 0 radical (unpaired) electrons. The van der Waals surface area contributed by atoms with Gasteiger partial charge in [0.15, 0.2) is 0 Å². The minimum atomic E-state index is 0.0206. The zero-order chi connectivity index (χ0) is 13.5. The number of amides is 1. The number of hydrogen-bond acceptors (Lipinski definition) is 2. The van der Waals surface area contributed by atoms with Crippen molar-refractivity contribution in [3.05, 3.63) is 29.8 Å². The Labute approximate surface area is 115 Å². The third-order valence-electron chi connectivity index (χ3n) is 3.81. The number of likely N-dealkylation sites (N-methyl/N-ethyl adjacent to an activating group) is 1. The lowest BCUT2D eigenvalue weighted by molar-refractivity contribution is -0.115. The van der Waals surface area contributed by atoms with Crippen molar-refractivity contribution in [1.82, 2.24) is 5.32 Å². The van der Waals surface area contributed by atoms with Gasteiger partial charge in [-0.1, -0.05) is 38.3 Å². The van der Waals surface area contributed by atoms with Crippen molar-refractivity contribution in [1.29, 1.82) is 0 Å². The van der Waals surface area contributed by atoms with E-state index in [9.17, 15) is 4.79 Å². The first-order chi connectivity index (χ1) is 9.29. The van der Waals surface area contributed by atoms with Crippen LogP contribution in [0.25, 0.3) is 0 Å². The van der Waals surface area contributed by atoms with Crippen LogP contribution in [0, 0.1) is 0 Å². The van der Waals surface area contributed by atoms with Gasteiger partial charge in [0.05, 0.1) is 6.54 Å². The van der Waals surface area contributed by atoms with Gasteiger partial charge in [-0.2, -0.15) is 0 Å². The van der Waals surface area contributed by atoms with Crippen molar-refractivity contribution < 1.29 is 4.79 Å². The topological polar surface area (TPSA) is 41.1 Å². The van der Waals surface area contributed by atoms with Crippen LogP contribution in [0.5, 0.6) is 0 Å². The monoisotopic (exact) mass is 260 g/mol. The summed E-state index contributed by atoms with van der Waals surface area (Å²) in [5.74, 6) is 0.743. The highest BCUT2D eigenvalue weighted by Crippen LogP contribution is 2.32. The molecular formula is C16H24N2O. The van der Waals surface area contributed by atoms with Crippen molar-refractivity contribution >= 4 is 11.6 Å². The van der Waals surface area contributed by atoms with Gasteiger partial charge in [-0.25, -0.2) is 0 Å². The standard InChI is InChI=1S/C16H24N2O/c1-2-17-12-16(19)18-15-10-8-14(9-11-15)13-6-4-3-5-7-13/h8-11,13,17H,2-7,12H2,1H3,(H,18,19). The lowest BCUT2D eigenvalue weighted by Crippen LogP contribution is -2.27. The molecule has 19 heavy (non-hydrogen) atoms. The zero-order valence-corrected chi connectivity index (χ0v) is 11.7. The summed E-state index contributed by atoms with van der Waals surface area (Å²) in [5, 5.41) is 5.92. The Morgan fingerprint density at radius 1 is 1.16 bits per heavy atom. The third kappa shape index (κ3) is 4.35.